The fraction of sp³-hybridized carbons (Fsp3) is 0.412. The molecule has 10 heteroatoms. The highest BCUT2D eigenvalue weighted by Crippen LogP contribution is 2.22. The molecule has 4 N–H and O–H groups in total. The van der Waals surface area contributed by atoms with Gasteiger partial charge in [0.25, 0.3) is 0 Å². The Kier molecular flexibility index (Phi) is 6.58. The first-order valence-corrected chi connectivity index (χ1v) is 9.95. The van der Waals surface area contributed by atoms with E-state index in [-0.39, 0.29) is 30.1 Å². The molecule has 0 aliphatic carbocycles. The summed E-state index contributed by atoms with van der Waals surface area (Å²) < 4.78 is 27.8. The highest BCUT2D eigenvalue weighted by Gasteiger charge is 2.25. The molecule has 2 rings (SSSR count). The van der Waals surface area contributed by atoms with E-state index in [9.17, 15) is 18.0 Å². The molecule has 0 bridgehead atoms. The van der Waals surface area contributed by atoms with E-state index >= 15 is 0 Å². The van der Waals surface area contributed by atoms with Crippen LogP contribution < -0.4 is 15.8 Å². The average molecular weight is 396 g/mol. The molecule has 0 spiro atoms. The van der Waals surface area contributed by atoms with E-state index in [1.807, 2.05) is 18.9 Å². The van der Waals surface area contributed by atoms with Crippen LogP contribution in [0.25, 0.3) is 0 Å². The Morgan fingerprint density at radius 2 is 1.96 bits per heavy atom. The maximum atomic E-state index is 12.1. The van der Waals surface area contributed by atoms with Gasteiger partial charge in [0, 0.05) is 18.3 Å². The van der Waals surface area contributed by atoms with Crippen molar-refractivity contribution >= 4 is 22.0 Å². The number of benzene rings is 1. The van der Waals surface area contributed by atoms with Gasteiger partial charge in [-0.15, -0.1) is 0 Å². The molecule has 148 valence electrons. The lowest BCUT2D eigenvalue weighted by molar-refractivity contribution is -0.138. The minimum atomic E-state index is -3.74. The third kappa shape index (κ3) is 5.28. The second kappa shape index (κ2) is 8.51. The molecular formula is C17H24N4O5S. The van der Waals surface area contributed by atoms with Gasteiger partial charge in [-0.3, -0.25) is 4.90 Å². The van der Waals surface area contributed by atoms with Crippen molar-refractivity contribution in [1.29, 1.82) is 0 Å². The van der Waals surface area contributed by atoms with Crippen molar-refractivity contribution < 1.29 is 22.7 Å². The second-order valence-corrected chi connectivity index (χ2v) is 7.75. The average Bonchev–Trinajstić information content (AvgIpc) is 2.60. The number of urea groups is 1. The fourth-order valence-corrected chi connectivity index (χ4v) is 3.17. The predicted molar refractivity (Wildman–Crippen MR) is 99.1 cm³/mol. The normalized spacial score (nSPS) is 16.0. The van der Waals surface area contributed by atoms with Gasteiger partial charge < -0.3 is 15.4 Å². The number of amides is 2. The first-order chi connectivity index (χ1) is 12.6. The van der Waals surface area contributed by atoms with E-state index in [1.54, 1.807) is 19.1 Å². The summed E-state index contributed by atoms with van der Waals surface area (Å²) in [5.41, 5.74) is 1.72. The zero-order valence-electron chi connectivity index (χ0n) is 15.5. The van der Waals surface area contributed by atoms with Gasteiger partial charge in [0.2, 0.25) is 10.0 Å². The van der Waals surface area contributed by atoms with Gasteiger partial charge >= 0.3 is 12.0 Å². The molecule has 27 heavy (non-hydrogen) atoms. The lowest BCUT2D eigenvalue weighted by Crippen LogP contribution is -2.46. The van der Waals surface area contributed by atoms with Crippen molar-refractivity contribution in [2.24, 2.45) is 5.14 Å². The number of hydrogen-bond acceptors (Lipinski definition) is 6. The van der Waals surface area contributed by atoms with Gasteiger partial charge in [0.15, 0.2) is 0 Å². The van der Waals surface area contributed by atoms with Crippen LogP contribution in [0.5, 0.6) is 0 Å². The molecule has 1 aliphatic rings. The highest BCUT2D eigenvalue weighted by atomic mass is 32.2. The van der Waals surface area contributed by atoms with Crippen LogP contribution in [-0.2, 0) is 19.6 Å². The van der Waals surface area contributed by atoms with Crippen LogP contribution in [0.15, 0.2) is 40.4 Å². The second-order valence-electron chi connectivity index (χ2n) is 6.19. The Labute approximate surface area is 158 Å². The molecule has 1 heterocycles. The van der Waals surface area contributed by atoms with Gasteiger partial charge in [-0.2, -0.15) is 0 Å². The first kappa shape index (κ1) is 20.9. The van der Waals surface area contributed by atoms with Crippen molar-refractivity contribution in [3.05, 3.63) is 41.1 Å². The zero-order valence-corrected chi connectivity index (χ0v) is 16.3. The SMILES string of the molecule is CCOC(=O)C1=C(CN(C)C(C)c2ccc(S(N)(=O)=O)cc2)NC(=O)NC1. The van der Waals surface area contributed by atoms with Crippen LogP contribution in [0.4, 0.5) is 4.79 Å². The van der Waals surface area contributed by atoms with Crippen molar-refractivity contribution in [3.63, 3.8) is 0 Å². The summed E-state index contributed by atoms with van der Waals surface area (Å²) in [6, 6.07) is 5.78. The van der Waals surface area contributed by atoms with E-state index in [4.69, 9.17) is 9.88 Å². The maximum absolute atomic E-state index is 12.1. The van der Waals surface area contributed by atoms with E-state index in [0.29, 0.717) is 17.8 Å². The molecular weight excluding hydrogens is 372 g/mol. The van der Waals surface area contributed by atoms with Gasteiger partial charge in [-0.1, -0.05) is 12.1 Å². The predicted octanol–water partition coefficient (Wildman–Crippen LogP) is 0.457. The monoisotopic (exact) mass is 396 g/mol. The summed E-state index contributed by atoms with van der Waals surface area (Å²) >= 11 is 0. The summed E-state index contributed by atoms with van der Waals surface area (Å²) in [4.78, 5) is 25.7. The molecule has 1 aromatic rings. The molecule has 1 atom stereocenters. The third-order valence-electron chi connectivity index (χ3n) is 4.34. The lowest BCUT2D eigenvalue weighted by Gasteiger charge is -2.29. The minimum Gasteiger partial charge on any atom is -0.463 e. The number of sulfonamides is 1. The largest absolute Gasteiger partial charge is 0.463 e. The van der Waals surface area contributed by atoms with E-state index in [1.165, 1.54) is 12.1 Å². The molecule has 0 saturated carbocycles. The highest BCUT2D eigenvalue weighted by molar-refractivity contribution is 7.89. The number of nitrogens with one attached hydrogen (secondary N) is 2. The Bertz CT molecular complexity index is 849. The van der Waals surface area contributed by atoms with Crippen LogP contribution >= 0.6 is 0 Å². The van der Waals surface area contributed by atoms with Crippen LogP contribution in [0.1, 0.15) is 25.5 Å². The maximum Gasteiger partial charge on any atom is 0.337 e. The molecule has 0 fully saturated rings. The Morgan fingerprint density at radius 1 is 1.33 bits per heavy atom. The number of esters is 1. The summed E-state index contributed by atoms with van der Waals surface area (Å²) in [7, 11) is -1.91. The van der Waals surface area contributed by atoms with Crippen molar-refractivity contribution in [2.45, 2.75) is 24.8 Å². The van der Waals surface area contributed by atoms with Crippen molar-refractivity contribution in [1.82, 2.24) is 15.5 Å². The number of primary sulfonamides is 1. The van der Waals surface area contributed by atoms with Gasteiger partial charge in [-0.25, -0.2) is 23.1 Å². The molecule has 1 aliphatic heterocycles. The topological polar surface area (TPSA) is 131 Å². The number of nitrogens with zero attached hydrogens (tertiary/aromatic N) is 1. The third-order valence-corrected chi connectivity index (χ3v) is 5.27. The molecule has 0 saturated heterocycles. The summed E-state index contributed by atoms with van der Waals surface area (Å²) in [5, 5.41) is 10.3. The number of hydrogen-bond donors (Lipinski definition) is 3. The summed E-state index contributed by atoms with van der Waals surface area (Å²) in [6.07, 6.45) is 0. The quantitative estimate of drug-likeness (QED) is 0.574. The fourth-order valence-electron chi connectivity index (χ4n) is 2.66. The van der Waals surface area contributed by atoms with Crippen LogP contribution in [-0.4, -0.2) is 52.1 Å². The Morgan fingerprint density at radius 3 is 2.52 bits per heavy atom. The number of rotatable bonds is 7. The van der Waals surface area contributed by atoms with Gasteiger partial charge in [0.05, 0.1) is 23.6 Å². The number of ether oxygens (including phenoxy) is 1. The van der Waals surface area contributed by atoms with Crippen LogP contribution in [0.3, 0.4) is 0 Å². The van der Waals surface area contributed by atoms with Crippen molar-refractivity contribution in [3.8, 4) is 0 Å². The molecule has 2 amide bonds. The lowest BCUT2D eigenvalue weighted by atomic mass is 10.1. The summed E-state index contributed by atoms with van der Waals surface area (Å²) in [5.74, 6) is -0.474. The van der Waals surface area contributed by atoms with Crippen LogP contribution in [0, 0.1) is 0 Å². The van der Waals surface area contributed by atoms with Crippen molar-refractivity contribution in [2.75, 3.05) is 26.7 Å². The molecule has 9 nitrogen and oxygen atoms in total. The first-order valence-electron chi connectivity index (χ1n) is 8.40. The summed E-state index contributed by atoms with van der Waals surface area (Å²) in [6.45, 7) is 4.29. The van der Waals surface area contributed by atoms with E-state index in [0.717, 1.165) is 5.56 Å². The number of nitrogens with two attached hydrogens (primary N) is 1. The molecule has 0 radical (unpaired) electrons. The molecule has 1 unspecified atom stereocenters. The van der Waals surface area contributed by atoms with E-state index in [2.05, 4.69) is 10.6 Å². The smallest absolute Gasteiger partial charge is 0.337 e. The molecule has 1 aromatic carbocycles. The van der Waals surface area contributed by atoms with Crippen LogP contribution in [0.2, 0.25) is 0 Å². The standard InChI is InChI=1S/C17H24N4O5S/c1-4-26-16(22)14-9-19-17(23)20-15(14)10-21(3)11(2)12-5-7-13(8-6-12)27(18,24)25/h5-8,11H,4,9-10H2,1-3H3,(H2,18,24,25)(H2,19,20,23). The van der Waals surface area contributed by atoms with Gasteiger partial charge in [-0.05, 0) is 38.6 Å². The number of carbonyl (C=O) groups is 2. The Hall–Kier alpha value is -2.43. The number of likely N-dealkylation sites (N-methyl/N-ethyl adjacent to an activating group) is 1. The van der Waals surface area contributed by atoms with Gasteiger partial charge in [0.1, 0.15) is 0 Å². The number of carbonyl (C=O) groups excluding carboxylic acids is 2. The zero-order chi connectivity index (χ0) is 20.2. The Balaban J connectivity index is 2.19. The minimum absolute atomic E-state index is 0.0408. The van der Waals surface area contributed by atoms with E-state index < -0.39 is 16.0 Å². The molecule has 0 aromatic heterocycles.